The Kier molecular flexibility index (Phi) is 11.2. The molecular formula is C21H32IN5OS. The van der Waals surface area contributed by atoms with Gasteiger partial charge in [0.2, 0.25) is 0 Å². The topological polar surface area (TPSA) is 69.6 Å². The highest BCUT2D eigenvalue weighted by molar-refractivity contribution is 14.0. The first-order valence-corrected chi connectivity index (χ1v) is 10.6. The first-order chi connectivity index (χ1) is 13.5. The highest BCUT2D eigenvalue weighted by Gasteiger charge is 2.12. The van der Waals surface area contributed by atoms with Crippen molar-refractivity contribution >= 4 is 47.2 Å². The molecule has 29 heavy (non-hydrogen) atoms. The van der Waals surface area contributed by atoms with Gasteiger partial charge in [-0.05, 0) is 52.3 Å². The predicted octanol–water partition coefficient (Wildman–Crippen LogP) is 4.12. The van der Waals surface area contributed by atoms with E-state index in [9.17, 15) is 4.79 Å². The minimum Gasteiger partial charge on any atom is -0.357 e. The molecule has 0 unspecified atom stereocenters. The highest BCUT2D eigenvalue weighted by atomic mass is 127. The first kappa shape index (κ1) is 25.4. The van der Waals surface area contributed by atoms with Crippen LogP contribution in [-0.4, -0.2) is 41.4 Å². The summed E-state index contributed by atoms with van der Waals surface area (Å²) in [5.41, 5.74) is 2.86. The number of hydrogen-bond acceptors (Lipinski definition) is 4. The molecule has 0 aliphatic heterocycles. The molecule has 1 heterocycles. The third-order valence-corrected chi connectivity index (χ3v) is 5.50. The van der Waals surface area contributed by atoms with Crippen LogP contribution in [0, 0.1) is 13.8 Å². The van der Waals surface area contributed by atoms with Crippen molar-refractivity contribution in [1.82, 2.24) is 20.5 Å². The van der Waals surface area contributed by atoms with Gasteiger partial charge < -0.3 is 15.5 Å². The third-order valence-electron chi connectivity index (χ3n) is 4.43. The van der Waals surface area contributed by atoms with E-state index in [0.717, 1.165) is 47.4 Å². The number of carbonyl (C=O) groups excluding carboxylic acids is 1. The van der Waals surface area contributed by atoms with Gasteiger partial charge in [0.05, 0.1) is 23.8 Å². The number of benzene rings is 1. The largest absolute Gasteiger partial charge is 0.357 e. The van der Waals surface area contributed by atoms with Crippen LogP contribution in [0.5, 0.6) is 0 Å². The second-order valence-electron chi connectivity index (χ2n) is 6.46. The lowest BCUT2D eigenvalue weighted by molar-refractivity contribution is 0.0773. The van der Waals surface area contributed by atoms with Crippen LogP contribution in [0.3, 0.4) is 0 Å². The third kappa shape index (κ3) is 7.58. The minimum atomic E-state index is 0. The summed E-state index contributed by atoms with van der Waals surface area (Å²) in [4.78, 5) is 24.6. The number of aromatic nitrogens is 1. The van der Waals surface area contributed by atoms with E-state index >= 15 is 0 Å². The quantitative estimate of drug-likeness (QED) is 0.307. The maximum Gasteiger partial charge on any atom is 0.253 e. The fourth-order valence-corrected chi connectivity index (χ4v) is 3.74. The zero-order chi connectivity index (χ0) is 20.5. The first-order valence-electron chi connectivity index (χ1n) is 9.81. The number of aliphatic imine (C=N–C) groups is 1. The van der Waals surface area contributed by atoms with Gasteiger partial charge in [0, 0.05) is 30.1 Å². The Balaban J connectivity index is 0.00000420. The average Bonchev–Trinajstić information content (AvgIpc) is 3.02. The molecule has 0 aliphatic rings. The van der Waals surface area contributed by atoms with E-state index in [-0.39, 0.29) is 29.9 Å². The second-order valence-corrected chi connectivity index (χ2v) is 7.75. The molecular weight excluding hydrogens is 497 g/mol. The summed E-state index contributed by atoms with van der Waals surface area (Å²) in [6.07, 6.45) is 0. The van der Waals surface area contributed by atoms with Gasteiger partial charge in [0.1, 0.15) is 0 Å². The molecule has 2 rings (SSSR count). The van der Waals surface area contributed by atoms with Crippen molar-refractivity contribution in [1.29, 1.82) is 0 Å². The Labute approximate surface area is 195 Å². The number of rotatable bonds is 8. The number of guanidine groups is 1. The van der Waals surface area contributed by atoms with Crippen LogP contribution in [0.15, 0.2) is 29.3 Å². The molecule has 1 aromatic heterocycles. The van der Waals surface area contributed by atoms with Crippen molar-refractivity contribution in [3.8, 4) is 0 Å². The number of halogens is 1. The molecule has 8 heteroatoms. The summed E-state index contributed by atoms with van der Waals surface area (Å²) in [6.45, 7) is 13.6. The number of amides is 1. The summed E-state index contributed by atoms with van der Waals surface area (Å²) < 4.78 is 0. The maximum atomic E-state index is 12.4. The van der Waals surface area contributed by atoms with Crippen molar-refractivity contribution in [3.05, 3.63) is 51.0 Å². The standard InChI is InChI=1S/C21H31N5OS.HI/c1-6-22-21(24-14-19-15(4)25-16(5)28-19)23-13-17-9-11-18(12-10-17)20(27)26(7-2)8-3;/h9-12H,6-8,13-14H2,1-5H3,(H2,22,23,24);1H. The van der Waals surface area contributed by atoms with Crippen LogP contribution in [-0.2, 0) is 13.1 Å². The number of aryl methyl sites for hydroxylation is 2. The van der Waals surface area contributed by atoms with E-state index in [1.807, 2.05) is 63.8 Å². The smallest absolute Gasteiger partial charge is 0.253 e. The lowest BCUT2D eigenvalue weighted by atomic mass is 10.1. The highest BCUT2D eigenvalue weighted by Crippen LogP contribution is 2.16. The Hall–Kier alpha value is -1.68. The van der Waals surface area contributed by atoms with Crippen LogP contribution < -0.4 is 10.6 Å². The molecule has 0 spiro atoms. The van der Waals surface area contributed by atoms with E-state index in [1.165, 1.54) is 4.88 Å². The fraction of sp³-hybridized carbons (Fsp3) is 0.476. The Morgan fingerprint density at radius 1 is 1.10 bits per heavy atom. The summed E-state index contributed by atoms with van der Waals surface area (Å²) in [5, 5.41) is 7.72. The van der Waals surface area contributed by atoms with E-state index in [0.29, 0.717) is 13.1 Å². The van der Waals surface area contributed by atoms with Gasteiger partial charge in [0.25, 0.3) is 5.91 Å². The number of carbonyl (C=O) groups is 1. The van der Waals surface area contributed by atoms with Gasteiger partial charge in [-0.25, -0.2) is 9.98 Å². The molecule has 0 saturated heterocycles. The summed E-state index contributed by atoms with van der Waals surface area (Å²) in [6, 6.07) is 7.71. The van der Waals surface area contributed by atoms with Crippen LogP contribution in [0.4, 0.5) is 0 Å². The molecule has 0 saturated carbocycles. The second kappa shape index (κ2) is 12.8. The van der Waals surface area contributed by atoms with Gasteiger partial charge in [-0.1, -0.05) is 12.1 Å². The molecule has 0 bridgehead atoms. The van der Waals surface area contributed by atoms with Gasteiger partial charge in [0.15, 0.2) is 5.96 Å². The van der Waals surface area contributed by atoms with Crippen LogP contribution in [0.2, 0.25) is 0 Å². The molecule has 0 atom stereocenters. The molecule has 2 aromatic rings. The zero-order valence-corrected chi connectivity index (χ0v) is 21.1. The van der Waals surface area contributed by atoms with Gasteiger partial charge in [-0.3, -0.25) is 4.79 Å². The van der Waals surface area contributed by atoms with Gasteiger partial charge in [-0.2, -0.15) is 0 Å². The van der Waals surface area contributed by atoms with Gasteiger partial charge >= 0.3 is 0 Å². The summed E-state index contributed by atoms with van der Waals surface area (Å²) >= 11 is 1.71. The number of thiazole rings is 1. The van der Waals surface area contributed by atoms with E-state index in [4.69, 9.17) is 0 Å². The molecule has 0 aliphatic carbocycles. The molecule has 160 valence electrons. The van der Waals surface area contributed by atoms with Crippen LogP contribution in [0.25, 0.3) is 0 Å². The van der Waals surface area contributed by atoms with Crippen molar-refractivity contribution in [2.24, 2.45) is 4.99 Å². The molecule has 0 radical (unpaired) electrons. The van der Waals surface area contributed by atoms with Crippen molar-refractivity contribution in [2.75, 3.05) is 19.6 Å². The van der Waals surface area contributed by atoms with Crippen molar-refractivity contribution < 1.29 is 4.79 Å². The normalized spacial score (nSPS) is 11.0. The predicted molar refractivity (Wildman–Crippen MR) is 132 cm³/mol. The summed E-state index contributed by atoms with van der Waals surface area (Å²) in [5.74, 6) is 0.849. The van der Waals surface area contributed by atoms with Crippen LogP contribution >= 0.6 is 35.3 Å². The summed E-state index contributed by atoms with van der Waals surface area (Å²) in [7, 11) is 0. The van der Waals surface area contributed by atoms with Crippen LogP contribution in [0.1, 0.15) is 52.3 Å². The Morgan fingerprint density at radius 2 is 1.76 bits per heavy atom. The maximum absolute atomic E-state index is 12.4. The monoisotopic (exact) mass is 529 g/mol. The number of hydrogen-bond donors (Lipinski definition) is 2. The SMILES string of the molecule is CCNC(=NCc1ccc(C(=O)N(CC)CC)cc1)NCc1sc(C)nc1C.I. The average molecular weight is 529 g/mol. The molecule has 1 amide bonds. The Morgan fingerprint density at radius 3 is 2.28 bits per heavy atom. The van der Waals surface area contributed by atoms with Crippen molar-refractivity contribution in [2.45, 2.75) is 47.7 Å². The fourth-order valence-electron chi connectivity index (χ4n) is 2.86. The number of nitrogens with one attached hydrogen (secondary N) is 2. The lowest BCUT2D eigenvalue weighted by Gasteiger charge is -2.18. The molecule has 2 N–H and O–H groups in total. The molecule has 6 nitrogen and oxygen atoms in total. The van der Waals surface area contributed by atoms with Crippen molar-refractivity contribution in [3.63, 3.8) is 0 Å². The molecule has 1 aromatic carbocycles. The van der Waals surface area contributed by atoms with E-state index < -0.39 is 0 Å². The van der Waals surface area contributed by atoms with Gasteiger partial charge in [-0.15, -0.1) is 35.3 Å². The zero-order valence-electron chi connectivity index (χ0n) is 17.9. The molecule has 0 fully saturated rings. The Bertz CT molecular complexity index is 800. The van der Waals surface area contributed by atoms with E-state index in [1.54, 1.807) is 11.3 Å². The lowest BCUT2D eigenvalue weighted by Crippen LogP contribution is -2.36. The minimum absolute atomic E-state index is 0. The number of nitrogens with zero attached hydrogens (tertiary/aromatic N) is 3. The van der Waals surface area contributed by atoms with E-state index in [2.05, 4.69) is 20.6 Å².